The summed E-state index contributed by atoms with van der Waals surface area (Å²) in [5, 5.41) is 8.04. The van der Waals surface area contributed by atoms with Crippen molar-refractivity contribution in [1.82, 2.24) is 67.7 Å². The zero-order chi connectivity index (χ0) is 24.3. The third-order valence-corrected chi connectivity index (χ3v) is 7.59. The average Bonchev–Trinajstić information content (AvgIpc) is 2.94. The highest BCUT2D eigenvalue weighted by atomic mass is 14.5. The van der Waals surface area contributed by atoms with Crippen LogP contribution in [0.15, 0.2) is 121 Å². The van der Waals surface area contributed by atoms with E-state index in [1.807, 2.05) is 30.3 Å². The second kappa shape index (κ2) is 24.7. The maximum atomic E-state index is 5.62. The van der Waals surface area contributed by atoms with Crippen molar-refractivity contribution in [3.63, 3.8) is 0 Å². The van der Waals surface area contributed by atoms with Gasteiger partial charge in [0.1, 0.15) is 0 Å². The molecule has 0 bridgehead atoms. The summed E-state index contributed by atoms with van der Waals surface area (Å²) < 4.78 is 0. The Morgan fingerprint density at radius 1 is 0.468 bits per heavy atom. The smallest absolute Gasteiger partial charge is 0.0320 e. The Morgan fingerprint density at radius 2 is 1.00 bits per heavy atom. The summed E-state index contributed by atoms with van der Waals surface area (Å²) >= 11 is 0. The standard InChI is InChI=1S/C25H22.C10H9N.11H3N/c1-2-7-18(8-3-1)17-20-10-6-12-23-22(20)15-16-24-21-11-5-4-9-19(21)13-14-25(23)24;11-10-6-5-8-3-1-2-4-9(8)7-10;;;;;;;;;;;/h1-5,7-9,11,13-16,20H,6,10,12,17H2;1-7H,11H2;11*1H3. The van der Waals surface area contributed by atoms with Crippen LogP contribution in [0.3, 0.4) is 0 Å². The molecule has 7 rings (SSSR count). The fourth-order valence-corrected chi connectivity index (χ4v) is 5.83. The Hall–Kier alpha value is -4.54. The predicted octanol–water partition coefficient (Wildman–Crippen LogP) is 10.9. The van der Waals surface area contributed by atoms with Crippen LogP contribution in [0, 0.1) is 0 Å². The molecule has 12 heteroatoms. The molecule has 6 aromatic carbocycles. The molecule has 1 aliphatic carbocycles. The Labute approximate surface area is 280 Å². The van der Waals surface area contributed by atoms with Gasteiger partial charge in [0.15, 0.2) is 0 Å². The summed E-state index contributed by atoms with van der Waals surface area (Å²) in [6.45, 7) is 0. The Balaban J connectivity index is -0.000000169. The molecule has 6 aromatic rings. The largest absolute Gasteiger partial charge is 0.399 e. The molecule has 1 aliphatic rings. The van der Waals surface area contributed by atoms with Gasteiger partial charge in [-0.3, -0.25) is 0 Å². The molecule has 0 aromatic heterocycles. The number of aryl methyl sites for hydroxylation is 1. The SMILES string of the molecule is N.N.N.N.N.N.N.N.N.N.N.Nc1ccc2ccccc2c1.c1ccc(CC2CCCc3c2ccc2c3ccc3ccccc32)cc1. The molecule has 1 unspecified atom stereocenters. The van der Waals surface area contributed by atoms with Crippen molar-refractivity contribution in [1.29, 1.82) is 0 Å². The predicted molar refractivity (Wildman–Crippen MR) is 211 cm³/mol. The normalized spacial score (nSPS) is 11.4. The van der Waals surface area contributed by atoms with E-state index in [0.717, 1.165) is 12.1 Å². The fraction of sp³-hybridized carbons (Fsp3) is 0.143. The van der Waals surface area contributed by atoms with E-state index in [4.69, 9.17) is 5.73 Å². The van der Waals surface area contributed by atoms with Crippen molar-refractivity contribution < 1.29 is 0 Å². The molecule has 47 heavy (non-hydrogen) atoms. The first-order valence-corrected chi connectivity index (χ1v) is 13.0. The summed E-state index contributed by atoms with van der Waals surface area (Å²) in [7, 11) is 0. The fourth-order valence-electron chi connectivity index (χ4n) is 5.83. The average molecular weight is 653 g/mol. The molecule has 0 radical (unpaired) electrons. The quantitative estimate of drug-likeness (QED) is 0.0612. The van der Waals surface area contributed by atoms with Gasteiger partial charge in [-0.25, -0.2) is 0 Å². The molecule has 0 saturated carbocycles. The van der Waals surface area contributed by atoms with Crippen LogP contribution in [0.25, 0.3) is 32.3 Å². The van der Waals surface area contributed by atoms with Gasteiger partial charge in [0.05, 0.1) is 0 Å². The third kappa shape index (κ3) is 11.6. The van der Waals surface area contributed by atoms with Crippen LogP contribution in [0.5, 0.6) is 0 Å². The van der Waals surface area contributed by atoms with E-state index in [2.05, 4.69) is 91.0 Å². The van der Waals surface area contributed by atoms with E-state index >= 15 is 0 Å². The second-order valence-corrected chi connectivity index (χ2v) is 9.90. The summed E-state index contributed by atoms with van der Waals surface area (Å²) in [5.41, 5.74) is 11.1. The molecule has 1 atom stereocenters. The van der Waals surface area contributed by atoms with Gasteiger partial charge in [-0.15, -0.1) is 0 Å². The molecule has 0 amide bonds. The first kappa shape index (κ1) is 54.9. The lowest BCUT2D eigenvalue weighted by molar-refractivity contribution is 0.553. The van der Waals surface area contributed by atoms with E-state index in [1.165, 1.54) is 57.1 Å². The van der Waals surface area contributed by atoms with Crippen LogP contribution in [0.2, 0.25) is 0 Å². The number of hydrogen-bond acceptors (Lipinski definition) is 12. The Kier molecular flexibility index (Phi) is 28.8. The lowest BCUT2D eigenvalue weighted by Gasteiger charge is -2.27. The first-order chi connectivity index (χ1) is 17.8. The second-order valence-electron chi connectivity index (χ2n) is 9.90. The molecule has 0 heterocycles. The topological polar surface area (TPSA) is 411 Å². The van der Waals surface area contributed by atoms with Crippen LogP contribution < -0.4 is 73.4 Å². The minimum Gasteiger partial charge on any atom is -0.399 e. The van der Waals surface area contributed by atoms with Crippen molar-refractivity contribution in [3.8, 4) is 0 Å². The van der Waals surface area contributed by atoms with Gasteiger partial charge >= 0.3 is 0 Å². The van der Waals surface area contributed by atoms with E-state index < -0.39 is 0 Å². The van der Waals surface area contributed by atoms with Crippen molar-refractivity contribution in [2.24, 2.45) is 0 Å². The van der Waals surface area contributed by atoms with Gasteiger partial charge in [-0.2, -0.15) is 0 Å². The highest BCUT2D eigenvalue weighted by molar-refractivity contribution is 6.08. The highest BCUT2D eigenvalue weighted by Crippen LogP contribution is 2.39. The number of anilines is 1. The van der Waals surface area contributed by atoms with Crippen molar-refractivity contribution in [2.75, 3.05) is 5.73 Å². The van der Waals surface area contributed by atoms with Crippen LogP contribution in [-0.2, 0) is 12.8 Å². The first-order valence-electron chi connectivity index (χ1n) is 13.0. The van der Waals surface area contributed by atoms with Crippen LogP contribution in [0.1, 0.15) is 35.4 Å². The Morgan fingerprint density at radius 3 is 1.66 bits per heavy atom. The highest BCUT2D eigenvalue weighted by Gasteiger charge is 2.22. The van der Waals surface area contributed by atoms with Gasteiger partial charge in [0.25, 0.3) is 0 Å². The van der Waals surface area contributed by atoms with Gasteiger partial charge < -0.3 is 73.4 Å². The summed E-state index contributed by atoms with van der Waals surface area (Å²) in [6.07, 6.45) is 4.99. The summed E-state index contributed by atoms with van der Waals surface area (Å²) in [4.78, 5) is 0. The molecule has 0 saturated heterocycles. The van der Waals surface area contributed by atoms with Gasteiger partial charge in [-0.1, -0.05) is 109 Å². The maximum absolute atomic E-state index is 5.62. The zero-order valence-electron chi connectivity index (χ0n) is 28.3. The molecule has 12 nitrogen and oxygen atoms in total. The third-order valence-electron chi connectivity index (χ3n) is 7.59. The number of rotatable bonds is 2. The van der Waals surface area contributed by atoms with Crippen molar-refractivity contribution in [3.05, 3.63) is 138 Å². The van der Waals surface area contributed by atoms with E-state index in [1.54, 1.807) is 11.1 Å². The van der Waals surface area contributed by atoms with Gasteiger partial charge in [-0.05, 0) is 92.7 Å². The van der Waals surface area contributed by atoms with E-state index in [9.17, 15) is 0 Å². The zero-order valence-corrected chi connectivity index (χ0v) is 28.3. The molecule has 0 aliphatic heterocycles. The lowest BCUT2D eigenvalue weighted by Crippen LogP contribution is -2.12. The Bertz CT molecular complexity index is 1680. The number of nitrogen functional groups attached to an aromatic ring is 1. The number of fused-ring (bicyclic) bond motifs is 6. The van der Waals surface area contributed by atoms with Crippen molar-refractivity contribution >= 4 is 38.0 Å². The molecular weight excluding hydrogens is 588 g/mol. The number of hydrogen-bond donors (Lipinski definition) is 12. The summed E-state index contributed by atoms with van der Waals surface area (Å²) in [5.74, 6) is 0.655. The van der Waals surface area contributed by atoms with E-state index in [0.29, 0.717) is 5.92 Å². The minimum atomic E-state index is 0. The molecule has 0 spiro atoms. The van der Waals surface area contributed by atoms with Crippen LogP contribution in [-0.4, -0.2) is 0 Å². The molecule has 264 valence electrons. The van der Waals surface area contributed by atoms with E-state index in [-0.39, 0.29) is 67.7 Å². The lowest BCUT2D eigenvalue weighted by atomic mass is 9.77. The molecule has 0 fully saturated rings. The maximum Gasteiger partial charge on any atom is 0.0320 e. The monoisotopic (exact) mass is 653 g/mol. The number of benzene rings is 6. The number of nitrogens with two attached hydrogens (primary N) is 1. The van der Waals surface area contributed by atoms with Gasteiger partial charge in [0, 0.05) is 5.69 Å². The van der Waals surface area contributed by atoms with Gasteiger partial charge in [0.2, 0.25) is 0 Å². The van der Waals surface area contributed by atoms with Crippen LogP contribution in [0.4, 0.5) is 5.69 Å². The summed E-state index contributed by atoms with van der Waals surface area (Å²) in [6, 6.07) is 43.2. The molecular formula is C35H64N12. The van der Waals surface area contributed by atoms with Crippen molar-refractivity contribution in [2.45, 2.75) is 31.6 Å². The van der Waals surface area contributed by atoms with Crippen LogP contribution >= 0.6 is 0 Å². The minimum absolute atomic E-state index is 0. The molecule has 35 N–H and O–H groups in total.